The van der Waals surface area contributed by atoms with Crippen molar-refractivity contribution < 1.29 is 18.3 Å². The number of pyridine rings is 1. The summed E-state index contributed by atoms with van der Waals surface area (Å²) in [6, 6.07) is 9.16. The largest absolute Gasteiger partial charge is 0.378 e. The van der Waals surface area contributed by atoms with Gasteiger partial charge in [0.15, 0.2) is 5.17 Å². The van der Waals surface area contributed by atoms with E-state index in [1.807, 2.05) is 11.0 Å². The molecule has 10 heteroatoms. The van der Waals surface area contributed by atoms with Gasteiger partial charge in [-0.05, 0) is 62.1 Å². The van der Waals surface area contributed by atoms with E-state index in [0.29, 0.717) is 37.2 Å². The minimum Gasteiger partial charge on any atom is -0.378 e. The third kappa shape index (κ3) is 4.01. The number of thioether (sulfide) groups is 1. The number of rotatable bonds is 4. The molecule has 1 saturated heterocycles. The van der Waals surface area contributed by atoms with Gasteiger partial charge in [-0.2, -0.15) is 5.26 Å². The smallest absolute Gasteiger partial charge is 0.239 e. The fraction of sp³-hybridized carbons (Fsp3) is 0.407. The standard InChI is InChI=1S/C27H25F2N5O2S/c1-25(18-10-16(2-4-19(18)28)11-20(29)21-5-3-17(13-30)14-32-21)22-12-27(22,37-24(31)33-25)23(35)34-8-9-36-26(15-34)6-7-26/h2-5,10-11,14,22H,6-9,12,15H2,1H3,(H2,31,33)/b20-11-/t22-,25+,27-/m0/s1. The van der Waals surface area contributed by atoms with Gasteiger partial charge in [-0.3, -0.25) is 14.8 Å². The number of nitrogens with two attached hydrogens (primary N) is 1. The van der Waals surface area contributed by atoms with E-state index in [1.54, 1.807) is 13.0 Å². The Morgan fingerprint density at radius 2 is 2.16 bits per heavy atom. The Bertz CT molecular complexity index is 1400. The highest BCUT2D eigenvalue weighted by atomic mass is 32.2. The van der Waals surface area contributed by atoms with E-state index in [9.17, 15) is 9.18 Å². The molecule has 4 aliphatic rings. The van der Waals surface area contributed by atoms with Gasteiger partial charge in [-0.15, -0.1) is 0 Å². The number of aliphatic imine (C=N–C) groups is 1. The van der Waals surface area contributed by atoms with E-state index in [4.69, 9.17) is 15.7 Å². The fourth-order valence-electron chi connectivity index (χ4n) is 5.62. The van der Waals surface area contributed by atoms with E-state index in [0.717, 1.165) is 12.8 Å². The molecule has 0 unspecified atom stereocenters. The lowest BCUT2D eigenvalue weighted by Crippen LogP contribution is -2.52. The number of hydrogen-bond acceptors (Lipinski definition) is 7. The van der Waals surface area contributed by atoms with Crippen LogP contribution in [0.2, 0.25) is 0 Å². The molecular formula is C27H25F2N5O2S. The quantitative estimate of drug-likeness (QED) is 0.653. The molecule has 3 atom stereocenters. The van der Waals surface area contributed by atoms with Crippen molar-refractivity contribution in [2.24, 2.45) is 16.6 Å². The zero-order chi connectivity index (χ0) is 26.0. The molecule has 2 aliphatic heterocycles. The molecule has 3 heterocycles. The molecule has 6 rings (SSSR count). The number of halogens is 2. The second kappa shape index (κ2) is 8.36. The number of amides is 1. The summed E-state index contributed by atoms with van der Waals surface area (Å²) in [5.41, 5.74) is 6.06. The van der Waals surface area contributed by atoms with Crippen molar-refractivity contribution in [1.29, 1.82) is 5.26 Å². The molecule has 37 heavy (non-hydrogen) atoms. The van der Waals surface area contributed by atoms with Crippen LogP contribution in [0.15, 0.2) is 41.5 Å². The Morgan fingerprint density at radius 3 is 2.86 bits per heavy atom. The zero-order valence-electron chi connectivity index (χ0n) is 20.2. The molecule has 2 aromatic rings. The highest BCUT2D eigenvalue weighted by Gasteiger charge is 2.71. The average molecular weight is 522 g/mol. The normalized spacial score (nSPS) is 29.8. The molecule has 7 nitrogen and oxygen atoms in total. The van der Waals surface area contributed by atoms with Crippen LogP contribution >= 0.6 is 11.8 Å². The van der Waals surface area contributed by atoms with Crippen molar-refractivity contribution in [3.8, 4) is 6.07 Å². The summed E-state index contributed by atoms with van der Waals surface area (Å²) in [4.78, 5) is 24.2. The Balaban J connectivity index is 1.31. The average Bonchev–Trinajstić information content (AvgIpc) is 3.81. The van der Waals surface area contributed by atoms with Crippen molar-refractivity contribution in [2.45, 2.75) is 42.1 Å². The first kappa shape index (κ1) is 24.1. The van der Waals surface area contributed by atoms with Crippen LogP contribution in [0.5, 0.6) is 0 Å². The van der Waals surface area contributed by atoms with Crippen LogP contribution in [0.4, 0.5) is 8.78 Å². The number of amidine groups is 1. The minimum absolute atomic E-state index is 0.00976. The van der Waals surface area contributed by atoms with E-state index >= 15 is 4.39 Å². The Kier molecular flexibility index (Phi) is 5.44. The Labute approximate surface area is 217 Å². The maximum Gasteiger partial charge on any atom is 0.239 e. The van der Waals surface area contributed by atoms with Crippen molar-refractivity contribution in [3.05, 3.63) is 64.7 Å². The molecule has 0 radical (unpaired) electrons. The number of benzene rings is 1. The second-order valence-corrected chi connectivity index (χ2v) is 11.7. The lowest BCUT2D eigenvalue weighted by atomic mass is 9.84. The van der Waals surface area contributed by atoms with Crippen molar-refractivity contribution in [3.63, 3.8) is 0 Å². The molecular weight excluding hydrogens is 496 g/mol. The molecule has 1 amide bonds. The predicted octanol–water partition coefficient (Wildman–Crippen LogP) is 3.99. The summed E-state index contributed by atoms with van der Waals surface area (Å²) < 4.78 is 35.3. The van der Waals surface area contributed by atoms with Crippen LogP contribution in [0.1, 0.15) is 48.6 Å². The summed E-state index contributed by atoms with van der Waals surface area (Å²) in [5, 5.41) is 9.16. The minimum atomic E-state index is -1.08. The number of aromatic nitrogens is 1. The number of morpholine rings is 1. The molecule has 190 valence electrons. The van der Waals surface area contributed by atoms with Crippen molar-refractivity contribution >= 4 is 34.7 Å². The maximum atomic E-state index is 15.3. The second-order valence-electron chi connectivity index (χ2n) is 10.4. The van der Waals surface area contributed by atoms with Crippen molar-refractivity contribution in [1.82, 2.24) is 9.88 Å². The molecule has 0 bridgehead atoms. The summed E-state index contributed by atoms with van der Waals surface area (Å²) in [6.07, 6.45) is 5.01. The number of hydrogen-bond donors (Lipinski definition) is 1. The zero-order valence-corrected chi connectivity index (χ0v) is 21.0. The summed E-state index contributed by atoms with van der Waals surface area (Å²) in [7, 11) is 0. The Hall–Kier alpha value is -3.29. The summed E-state index contributed by atoms with van der Waals surface area (Å²) in [6.45, 7) is 3.42. The van der Waals surface area contributed by atoms with Crippen LogP contribution in [0, 0.1) is 23.1 Å². The molecule has 1 spiro atoms. The lowest BCUT2D eigenvalue weighted by Gasteiger charge is -2.38. The van der Waals surface area contributed by atoms with Gasteiger partial charge in [-0.25, -0.2) is 8.78 Å². The van der Waals surface area contributed by atoms with Gasteiger partial charge in [0.2, 0.25) is 5.91 Å². The topological polar surface area (TPSA) is 105 Å². The molecule has 2 aliphatic carbocycles. The Morgan fingerprint density at radius 1 is 1.35 bits per heavy atom. The van der Waals surface area contributed by atoms with E-state index in [1.165, 1.54) is 48.3 Å². The molecule has 1 aromatic carbocycles. The molecule has 2 N–H and O–H groups in total. The number of ether oxygens (including phenoxy) is 1. The van der Waals surface area contributed by atoms with Gasteiger partial charge in [-0.1, -0.05) is 17.8 Å². The SMILES string of the molecule is C[C@]1(c2cc(/C=C(\F)c3ccc(C#N)cn3)ccc2F)N=C(N)S[C@@]2(C(=O)N3CCOC4(CC4)C3)C[C@H]21. The van der Waals surface area contributed by atoms with Crippen LogP contribution in [-0.2, 0) is 15.1 Å². The van der Waals surface area contributed by atoms with Gasteiger partial charge in [0.05, 0.1) is 29.0 Å². The third-order valence-corrected chi connectivity index (χ3v) is 9.18. The number of nitriles is 1. The number of carbonyl (C=O) groups is 1. The van der Waals surface area contributed by atoms with Gasteiger partial charge >= 0.3 is 0 Å². The lowest BCUT2D eigenvalue weighted by molar-refractivity contribution is -0.141. The maximum absolute atomic E-state index is 15.3. The van der Waals surface area contributed by atoms with E-state index in [2.05, 4.69) is 9.98 Å². The van der Waals surface area contributed by atoms with Crippen LogP contribution in [0.3, 0.4) is 0 Å². The van der Waals surface area contributed by atoms with Crippen molar-refractivity contribution in [2.75, 3.05) is 19.7 Å². The van der Waals surface area contributed by atoms with Crippen LogP contribution in [-0.4, -0.2) is 51.0 Å². The number of carbonyl (C=O) groups excluding carboxylic acids is 1. The van der Waals surface area contributed by atoms with E-state index in [-0.39, 0.29) is 33.9 Å². The van der Waals surface area contributed by atoms with Gasteiger partial charge < -0.3 is 15.4 Å². The number of fused-ring (bicyclic) bond motifs is 1. The first-order valence-electron chi connectivity index (χ1n) is 12.2. The first-order chi connectivity index (χ1) is 17.7. The van der Waals surface area contributed by atoms with Crippen LogP contribution < -0.4 is 5.73 Å². The van der Waals surface area contributed by atoms with Gasteiger partial charge in [0, 0.05) is 30.8 Å². The first-order valence-corrected chi connectivity index (χ1v) is 13.0. The summed E-state index contributed by atoms with van der Waals surface area (Å²) in [5.74, 6) is -1.35. The highest BCUT2D eigenvalue weighted by Crippen LogP contribution is 2.66. The third-order valence-electron chi connectivity index (χ3n) is 7.89. The number of nitrogens with zero attached hydrogens (tertiary/aromatic N) is 4. The monoisotopic (exact) mass is 521 g/mol. The van der Waals surface area contributed by atoms with Crippen LogP contribution in [0.25, 0.3) is 11.9 Å². The predicted molar refractivity (Wildman–Crippen MR) is 136 cm³/mol. The molecule has 3 fully saturated rings. The molecule has 2 saturated carbocycles. The fourth-order valence-corrected chi connectivity index (χ4v) is 7.07. The summed E-state index contributed by atoms with van der Waals surface area (Å²) >= 11 is 1.27. The van der Waals surface area contributed by atoms with Gasteiger partial charge in [0.1, 0.15) is 22.5 Å². The molecule has 1 aromatic heterocycles. The van der Waals surface area contributed by atoms with E-state index < -0.39 is 21.9 Å². The van der Waals surface area contributed by atoms with Gasteiger partial charge in [0.25, 0.3) is 0 Å². The highest BCUT2D eigenvalue weighted by molar-refractivity contribution is 8.15.